The molecule has 0 heterocycles. The second-order valence-electron chi connectivity index (χ2n) is 7.33. The van der Waals surface area contributed by atoms with Crippen molar-refractivity contribution in [2.45, 2.75) is 57.0 Å². The lowest BCUT2D eigenvalue weighted by Gasteiger charge is -2.60. The largest absolute Gasteiger partial charge is 0.455 e. The van der Waals surface area contributed by atoms with Crippen LogP contribution in [-0.4, -0.2) is 25.3 Å². The topological polar surface area (TPSA) is 35.5 Å². The summed E-state index contributed by atoms with van der Waals surface area (Å²) in [4.78, 5) is 11.9. The third-order valence-corrected chi connectivity index (χ3v) is 6.14. The van der Waals surface area contributed by atoms with E-state index in [1.54, 1.807) is 7.11 Å². The highest BCUT2D eigenvalue weighted by Crippen LogP contribution is 2.61. The van der Waals surface area contributed by atoms with E-state index in [9.17, 15) is 4.79 Å². The maximum absolute atomic E-state index is 11.9. The molecule has 0 aromatic heterocycles. The van der Waals surface area contributed by atoms with Gasteiger partial charge in [-0.25, -0.2) is 4.79 Å². The third-order valence-electron chi connectivity index (χ3n) is 6.14. The highest BCUT2D eigenvalue weighted by molar-refractivity contribution is 5.81. The first-order valence-corrected chi connectivity index (χ1v) is 8.52. The number of carbonyl (C=O) groups is 1. The maximum atomic E-state index is 11.9. The number of hydrogen-bond acceptors (Lipinski definition) is 3. The Bertz CT molecular complexity index is 373. The molecular formula is C18H28O3. The molecule has 0 N–H and O–H groups in total. The molecule has 4 rings (SSSR count). The van der Waals surface area contributed by atoms with Crippen molar-refractivity contribution in [3.05, 3.63) is 12.7 Å². The minimum Gasteiger partial charge on any atom is -0.455 e. The Morgan fingerprint density at radius 3 is 2.29 bits per heavy atom. The summed E-state index contributed by atoms with van der Waals surface area (Å²) in [5, 5.41) is 0. The van der Waals surface area contributed by atoms with Crippen LogP contribution in [0.1, 0.15) is 51.4 Å². The molecule has 4 aliphatic rings. The van der Waals surface area contributed by atoms with E-state index >= 15 is 0 Å². The van der Waals surface area contributed by atoms with Gasteiger partial charge in [-0.05, 0) is 75.0 Å². The zero-order valence-corrected chi connectivity index (χ0v) is 13.2. The van der Waals surface area contributed by atoms with Gasteiger partial charge in [0.15, 0.2) is 0 Å². The SMILES string of the molecule is C=CC(=O)OC1(CCCCOC)C2CC3CC(C2)CC1C3. The van der Waals surface area contributed by atoms with Crippen LogP contribution in [0.5, 0.6) is 0 Å². The monoisotopic (exact) mass is 292 g/mol. The average molecular weight is 292 g/mol. The first kappa shape index (κ1) is 15.1. The molecule has 0 aromatic rings. The van der Waals surface area contributed by atoms with Crippen molar-refractivity contribution in [3.63, 3.8) is 0 Å². The fourth-order valence-electron chi connectivity index (χ4n) is 5.48. The fourth-order valence-corrected chi connectivity index (χ4v) is 5.48. The second-order valence-corrected chi connectivity index (χ2v) is 7.33. The summed E-state index contributed by atoms with van der Waals surface area (Å²) >= 11 is 0. The molecule has 3 heteroatoms. The van der Waals surface area contributed by atoms with Crippen molar-refractivity contribution in [1.82, 2.24) is 0 Å². The van der Waals surface area contributed by atoms with Gasteiger partial charge in [0.2, 0.25) is 0 Å². The minimum atomic E-state index is -0.228. The van der Waals surface area contributed by atoms with Gasteiger partial charge >= 0.3 is 5.97 Å². The zero-order valence-electron chi connectivity index (χ0n) is 13.2. The van der Waals surface area contributed by atoms with E-state index in [0.717, 1.165) is 37.7 Å². The number of carbonyl (C=O) groups excluding carboxylic acids is 1. The molecule has 0 spiro atoms. The molecule has 3 nitrogen and oxygen atoms in total. The van der Waals surface area contributed by atoms with Crippen LogP contribution in [0.3, 0.4) is 0 Å². The van der Waals surface area contributed by atoms with Crippen molar-refractivity contribution < 1.29 is 14.3 Å². The number of methoxy groups -OCH3 is 1. The van der Waals surface area contributed by atoms with Crippen LogP contribution >= 0.6 is 0 Å². The molecule has 0 unspecified atom stereocenters. The van der Waals surface area contributed by atoms with Crippen LogP contribution in [0.4, 0.5) is 0 Å². The third kappa shape index (κ3) is 2.77. The molecule has 0 aliphatic heterocycles. The van der Waals surface area contributed by atoms with Gasteiger partial charge in [-0.15, -0.1) is 0 Å². The van der Waals surface area contributed by atoms with E-state index in [0.29, 0.717) is 11.8 Å². The van der Waals surface area contributed by atoms with Crippen LogP contribution in [0.2, 0.25) is 0 Å². The van der Waals surface area contributed by atoms with E-state index in [4.69, 9.17) is 9.47 Å². The highest BCUT2D eigenvalue weighted by Gasteiger charge is 2.58. The molecule has 4 bridgehead atoms. The van der Waals surface area contributed by atoms with Crippen molar-refractivity contribution in [1.29, 1.82) is 0 Å². The summed E-state index contributed by atoms with van der Waals surface area (Å²) in [7, 11) is 1.75. The average Bonchev–Trinajstić information content (AvgIpc) is 2.47. The van der Waals surface area contributed by atoms with Crippen LogP contribution < -0.4 is 0 Å². The van der Waals surface area contributed by atoms with Gasteiger partial charge in [0, 0.05) is 19.8 Å². The van der Waals surface area contributed by atoms with Gasteiger partial charge in [0.05, 0.1) is 0 Å². The Labute approximate surface area is 128 Å². The summed E-state index contributed by atoms with van der Waals surface area (Å²) < 4.78 is 11.2. The number of rotatable bonds is 7. The van der Waals surface area contributed by atoms with Crippen molar-refractivity contribution in [3.8, 4) is 0 Å². The van der Waals surface area contributed by atoms with Gasteiger partial charge < -0.3 is 9.47 Å². The highest BCUT2D eigenvalue weighted by atomic mass is 16.6. The summed E-state index contributed by atoms with van der Waals surface area (Å²) in [5.74, 6) is 2.72. The maximum Gasteiger partial charge on any atom is 0.330 e. The van der Waals surface area contributed by atoms with Gasteiger partial charge in [0.25, 0.3) is 0 Å². The molecule has 21 heavy (non-hydrogen) atoms. The molecule has 118 valence electrons. The molecule has 0 atom stereocenters. The summed E-state index contributed by atoms with van der Waals surface area (Å²) in [5.41, 5.74) is -0.202. The van der Waals surface area contributed by atoms with Crippen LogP contribution in [0.15, 0.2) is 12.7 Å². The summed E-state index contributed by atoms with van der Waals surface area (Å²) in [6, 6.07) is 0. The Hall–Kier alpha value is -0.830. The Kier molecular flexibility index (Phi) is 4.39. The predicted octanol–water partition coefficient (Wildman–Crippen LogP) is 3.73. The minimum absolute atomic E-state index is 0.202. The number of ether oxygens (including phenoxy) is 2. The lowest BCUT2D eigenvalue weighted by atomic mass is 9.49. The molecular weight excluding hydrogens is 264 g/mol. The van der Waals surface area contributed by atoms with Crippen LogP contribution in [0.25, 0.3) is 0 Å². The Balaban J connectivity index is 1.75. The lowest BCUT2D eigenvalue weighted by Crippen LogP contribution is -2.59. The molecule has 4 saturated carbocycles. The van der Waals surface area contributed by atoms with E-state index in [2.05, 4.69) is 6.58 Å². The normalized spacial score (nSPS) is 40.2. The quantitative estimate of drug-likeness (QED) is 0.407. The summed E-state index contributed by atoms with van der Waals surface area (Å²) in [6.07, 6.45) is 11.0. The van der Waals surface area contributed by atoms with E-state index in [1.807, 2.05) is 0 Å². The van der Waals surface area contributed by atoms with Gasteiger partial charge in [-0.1, -0.05) is 6.58 Å². The molecule has 4 fully saturated rings. The van der Waals surface area contributed by atoms with Gasteiger partial charge in [-0.3, -0.25) is 0 Å². The van der Waals surface area contributed by atoms with E-state index < -0.39 is 0 Å². The molecule has 0 radical (unpaired) electrons. The van der Waals surface area contributed by atoms with Crippen molar-refractivity contribution in [2.24, 2.45) is 23.7 Å². The fraction of sp³-hybridized carbons (Fsp3) is 0.833. The standard InChI is InChI=1S/C18H28O3/c1-3-17(19)21-18(6-4-5-7-20-2)15-9-13-8-14(11-15)12-16(18)10-13/h3,13-16H,1,4-12H2,2H3. The molecule has 0 amide bonds. The van der Waals surface area contributed by atoms with Gasteiger partial charge in [-0.2, -0.15) is 0 Å². The smallest absolute Gasteiger partial charge is 0.330 e. The van der Waals surface area contributed by atoms with Gasteiger partial charge in [0.1, 0.15) is 5.60 Å². The second kappa shape index (κ2) is 6.12. The van der Waals surface area contributed by atoms with E-state index in [1.165, 1.54) is 38.2 Å². The molecule has 0 aromatic carbocycles. The van der Waals surface area contributed by atoms with Crippen LogP contribution in [-0.2, 0) is 14.3 Å². The Morgan fingerprint density at radius 2 is 1.76 bits per heavy atom. The lowest BCUT2D eigenvalue weighted by molar-refractivity contribution is -0.208. The Morgan fingerprint density at radius 1 is 1.14 bits per heavy atom. The predicted molar refractivity (Wildman–Crippen MR) is 81.8 cm³/mol. The summed E-state index contributed by atoms with van der Waals surface area (Å²) in [6.45, 7) is 4.39. The van der Waals surface area contributed by atoms with Crippen molar-refractivity contribution in [2.75, 3.05) is 13.7 Å². The first-order valence-electron chi connectivity index (χ1n) is 8.52. The van der Waals surface area contributed by atoms with E-state index in [-0.39, 0.29) is 11.6 Å². The molecule has 4 aliphatic carbocycles. The number of esters is 1. The first-order chi connectivity index (χ1) is 10.2. The van der Waals surface area contributed by atoms with Crippen molar-refractivity contribution >= 4 is 5.97 Å². The number of hydrogen-bond donors (Lipinski definition) is 0. The molecule has 0 saturated heterocycles. The van der Waals surface area contributed by atoms with Crippen LogP contribution in [0, 0.1) is 23.7 Å². The number of unbranched alkanes of at least 4 members (excludes halogenated alkanes) is 1. The zero-order chi connectivity index (χ0) is 14.9.